The van der Waals surface area contributed by atoms with E-state index < -0.39 is 5.41 Å². The fourth-order valence-electron chi connectivity index (χ4n) is 1.64. The lowest BCUT2D eigenvalue weighted by Crippen LogP contribution is -2.32. The van der Waals surface area contributed by atoms with E-state index in [0.29, 0.717) is 0 Å². The molecule has 0 saturated heterocycles. The van der Waals surface area contributed by atoms with E-state index in [-0.39, 0.29) is 12.6 Å². The molecule has 0 aliphatic rings. The van der Waals surface area contributed by atoms with Gasteiger partial charge in [-0.2, -0.15) is 0 Å². The summed E-state index contributed by atoms with van der Waals surface area (Å²) in [6.45, 7) is 7.63. The topological polar surface area (TPSA) is 47.6 Å². The lowest BCUT2D eigenvalue weighted by molar-refractivity contribution is -0.152. The van der Waals surface area contributed by atoms with E-state index in [4.69, 9.17) is 9.47 Å². The first-order valence-corrected chi connectivity index (χ1v) is 7.40. The third kappa shape index (κ3) is 4.80. The van der Waals surface area contributed by atoms with E-state index in [0.717, 1.165) is 28.9 Å². The highest BCUT2D eigenvalue weighted by Crippen LogP contribution is 2.25. The van der Waals surface area contributed by atoms with Crippen molar-refractivity contribution in [3.63, 3.8) is 0 Å². The minimum atomic E-state index is -0.663. The lowest BCUT2D eigenvalue weighted by Gasteiger charge is -2.22. The van der Waals surface area contributed by atoms with Crippen molar-refractivity contribution in [3.8, 4) is 5.75 Å². The van der Waals surface area contributed by atoms with Crippen LogP contribution in [-0.2, 0) is 16.1 Å². The number of ether oxygens (including phenoxy) is 2. The average Bonchev–Trinajstić information content (AvgIpc) is 2.44. The Bertz CT molecular complexity index is 460. The Morgan fingerprint density at radius 1 is 1.40 bits per heavy atom. The Balaban J connectivity index is 2.71. The van der Waals surface area contributed by atoms with Crippen LogP contribution < -0.4 is 10.1 Å². The zero-order valence-electron chi connectivity index (χ0n) is 12.5. The molecule has 0 bridgehead atoms. The van der Waals surface area contributed by atoms with Gasteiger partial charge in [0.2, 0.25) is 0 Å². The van der Waals surface area contributed by atoms with Crippen LogP contribution in [0, 0.1) is 5.41 Å². The van der Waals surface area contributed by atoms with Crippen LogP contribution in [0.4, 0.5) is 0 Å². The van der Waals surface area contributed by atoms with Crippen LogP contribution in [0.15, 0.2) is 22.7 Å². The smallest absolute Gasteiger partial charge is 0.314 e. The van der Waals surface area contributed by atoms with Gasteiger partial charge in [0, 0.05) is 11.0 Å². The molecular weight excluding hydrogens is 322 g/mol. The molecule has 4 nitrogen and oxygen atoms in total. The molecule has 0 heterocycles. The number of nitrogens with one attached hydrogen (secondary N) is 1. The van der Waals surface area contributed by atoms with Gasteiger partial charge in [-0.25, -0.2) is 0 Å². The number of benzene rings is 1. The van der Waals surface area contributed by atoms with E-state index in [1.165, 1.54) is 7.11 Å². The zero-order chi connectivity index (χ0) is 15.2. The predicted octanol–water partition coefficient (Wildman–Crippen LogP) is 3.14. The van der Waals surface area contributed by atoms with Crippen LogP contribution in [0.5, 0.6) is 5.75 Å². The van der Waals surface area contributed by atoms with Crippen LogP contribution >= 0.6 is 15.9 Å². The highest BCUT2D eigenvalue weighted by atomic mass is 79.9. The molecule has 0 saturated carbocycles. The lowest BCUT2D eigenvalue weighted by atomic mass is 9.95. The minimum Gasteiger partial charge on any atom is -0.492 e. The molecule has 1 aromatic rings. The summed E-state index contributed by atoms with van der Waals surface area (Å²) < 4.78 is 11.5. The Hall–Kier alpha value is -1.07. The molecule has 0 aliphatic heterocycles. The third-order valence-electron chi connectivity index (χ3n) is 2.92. The van der Waals surface area contributed by atoms with Crippen molar-refractivity contribution >= 4 is 21.9 Å². The van der Waals surface area contributed by atoms with E-state index >= 15 is 0 Å². The van der Waals surface area contributed by atoms with E-state index in [9.17, 15) is 4.79 Å². The maximum atomic E-state index is 11.6. The maximum absolute atomic E-state index is 11.6. The summed E-state index contributed by atoms with van der Waals surface area (Å²) in [4.78, 5) is 11.6. The highest BCUT2D eigenvalue weighted by Gasteiger charge is 2.29. The molecule has 0 radical (unpaired) electrons. The van der Waals surface area contributed by atoms with Crippen molar-refractivity contribution < 1.29 is 14.3 Å². The summed E-state index contributed by atoms with van der Waals surface area (Å²) in [5.41, 5.74) is 0.462. The largest absolute Gasteiger partial charge is 0.492 e. The summed E-state index contributed by atoms with van der Waals surface area (Å²) in [6.07, 6.45) is 0. The van der Waals surface area contributed by atoms with Gasteiger partial charge in [-0.15, -0.1) is 0 Å². The van der Waals surface area contributed by atoms with Crippen molar-refractivity contribution in [2.24, 2.45) is 5.41 Å². The molecule has 1 aromatic carbocycles. The van der Waals surface area contributed by atoms with E-state index in [1.807, 2.05) is 18.2 Å². The molecule has 0 aliphatic carbocycles. The molecular formula is C15H22BrNO3. The van der Waals surface area contributed by atoms with Crippen molar-refractivity contribution in [2.45, 2.75) is 27.3 Å². The SMILES string of the molecule is CCNCc1cc(OCC(C)(C)C(=O)OC)ccc1Br. The van der Waals surface area contributed by atoms with Gasteiger partial charge in [0.15, 0.2) is 0 Å². The first-order chi connectivity index (χ1) is 9.40. The normalized spacial score (nSPS) is 11.2. The van der Waals surface area contributed by atoms with Crippen LogP contribution in [0.3, 0.4) is 0 Å². The first-order valence-electron chi connectivity index (χ1n) is 6.61. The van der Waals surface area contributed by atoms with Crippen molar-refractivity contribution in [3.05, 3.63) is 28.2 Å². The number of rotatable bonds is 7. The molecule has 0 atom stereocenters. The molecule has 112 valence electrons. The summed E-state index contributed by atoms with van der Waals surface area (Å²) >= 11 is 3.52. The summed E-state index contributed by atoms with van der Waals surface area (Å²) in [6, 6.07) is 5.81. The van der Waals surface area contributed by atoms with Gasteiger partial charge < -0.3 is 14.8 Å². The van der Waals surface area contributed by atoms with Gasteiger partial charge in [0.25, 0.3) is 0 Å². The number of carbonyl (C=O) groups excluding carboxylic acids is 1. The fraction of sp³-hybridized carbons (Fsp3) is 0.533. The standard InChI is InChI=1S/C15H22BrNO3/c1-5-17-9-11-8-12(6-7-13(11)16)20-10-15(2,3)14(18)19-4/h6-8,17H,5,9-10H2,1-4H3. The molecule has 0 unspecified atom stereocenters. The van der Waals surface area contributed by atoms with Crippen LogP contribution in [0.1, 0.15) is 26.3 Å². The molecule has 0 fully saturated rings. The second-order valence-corrected chi connectivity index (χ2v) is 6.05. The van der Waals surface area contributed by atoms with Crippen molar-refractivity contribution in [2.75, 3.05) is 20.3 Å². The molecule has 1 N–H and O–H groups in total. The average molecular weight is 344 g/mol. The monoisotopic (exact) mass is 343 g/mol. The molecule has 0 amide bonds. The number of carbonyl (C=O) groups is 1. The number of hydrogen-bond donors (Lipinski definition) is 1. The third-order valence-corrected chi connectivity index (χ3v) is 3.69. The number of methoxy groups -OCH3 is 1. The van der Waals surface area contributed by atoms with Gasteiger partial charge in [-0.3, -0.25) is 4.79 Å². The first kappa shape index (κ1) is 17.0. The van der Waals surface area contributed by atoms with E-state index in [2.05, 4.69) is 28.2 Å². The quantitative estimate of drug-likeness (QED) is 0.772. The van der Waals surface area contributed by atoms with Crippen molar-refractivity contribution in [1.29, 1.82) is 0 Å². The van der Waals surface area contributed by atoms with Gasteiger partial charge in [-0.05, 0) is 44.2 Å². The van der Waals surface area contributed by atoms with Gasteiger partial charge in [0.05, 0.1) is 12.5 Å². The Labute approximate surface area is 129 Å². The fourth-order valence-corrected chi connectivity index (χ4v) is 2.02. The second kappa shape index (κ2) is 7.64. The second-order valence-electron chi connectivity index (χ2n) is 5.20. The Morgan fingerprint density at radius 3 is 2.70 bits per heavy atom. The predicted molar refractivity (Wildman–Crippen MR) is 82.8 cm³/mol. The summed E-state index contributed by atoms with van der Waals surface area (Å²) in [5, 5.41) is 3.27. The zero-order valence-corrected chi connectivity index (χ0v) is 14.0. The van der Waals surface area contributed by atoms with E-state index in [1.54, 1.807) is 13.8 Å². The highest BCUT2D eigenvalue weighted by molar-refractivity contribution is 9.10. The maximum Gasteiger partial charge on any atom is 0.314 e. The molecule has 1 rings (SSSR count). The minimum absolute atomic E-state index is 0.275. The van der Waals surface area contributed by atoms with Crippen molar-refractivity contribution in [1.82, 2.24) is 5.32 Å². The van der Waals surface area contributed by atoms with Gasteiger partial charge >= 0.3 is 5.97 Å². The summed E-state index contributed by atoms with van der Waals surface area (Å²) in [5.74, 6) is 0.473. The molecule has 20 heavy (non-hydrogen) atoms. The number of halogens is 1. The molecule has 0 aromatic heterocycles. The number of esters is 1. The summed E-state index contributed by atoms with van der Waals surface area (Å²) in [7, 11) is 1.39. The Kier molecular flexibility index (Phi) is 6.49. The molecule has 0 spiro atoms. The Morgan fingerprint density at radius 2 is 2.10 bits per heavy atom. The van der Waals surface area contributed by atoms with Gasteiger partial charge in [0.1, 0.15) is 12.4 Å². The van der Waals surface area contributed by atoms with Gasteiger partial charge in [-0.1, -0.05) is 22.9 Å². The van der Waals surface area contributed by atoms with Crippen LogP contribution in [0.25, 0.3) is 0 Å². The number of hydrogen-bond acceptors (Lipinski definition) is 4. The van der Waals surface area contributed by atoms with Crippen LogP contribution in [0.2, 0.25) is 0 Å². The van der Waals surface area contributed by atoms with Crippen LogP contribution in [-0.4, -0.2) is 26.2 Å². The molecule has 5 heteroatoms.